The van der Waals surface area contributed by atoms with Crippen LogP contribution in [0.25, 0.3) is 17.1 Å². The van der Waals surface area contributed by atoms with Crippen molar-refractivity contribution in [2.75, 3.05) is 5.73 Å². The van der Waals surface area contributed by atoms with E-state index >= 15 is 0 Å². The molecule has 5 nitrogen and oxygen atoms in total. The molecule has 0 fully saturated rings. The first kappa shape index (κ1) is 12.7. The number of rotatable bonds is 2. The van der Waals surface area contributed by atoms with Crippen molar-refractivity contribution in [2.24, 2.45) is 0 Å². The zero-order chi connectivity index (χ0) is 14.1. The van der Waals surface area contributed by atoms with Crippen LogP contribution < -0.4 is 5.73 Å². The highest BCUT2D eigenvalue weighted by molar-refractivity contribution is 9.10. The first-order valence-electron chi connectivity index (χ1n) is 5.74. The molecule has 0 unspecified atom stereocenters. The summed E-state index contributed by atoms with van der Waals surface area (Å²) in [6.45, 7) is 0. The average Bonchev–Trinajstić information content (AvgIpc) is 2.87. The minimum atomic E-state index is -0.310. The molecule has 0 spiro atoms. The number of aromatic nitrogens is 4. The maximum Gasteiger partial charge on any atom is 0.187 e. The fourth-order valence-corrected chi connectivity index (χ4v) is 2.38. The Bertz CT molecular complexity index is 733. The van der Waals surface area contributed by atoms with Gasteiger partial charge < -0.3 is 5.73 Å². The molecule has 7 heteroatoms. The average molecular weight is 334 g/mol. The Balaban J connectivity index is 2.12. The van der Waals surface area contributed by atoms with Gasteiger partial charge in [-0.25, -0.2) is 4.39 Å². The van der Waals surface area contributed by atoms with Gasteiger partial charge in [-0.05, 0) is 52.9 Å². The van der Waals surface area contributed by atoms with Gasteiger partial charge in [0.05, 0.1) is 5.69 Å². The van der Waals surface area contributed by atoms with Crippen LogP contribution in [0.4, 0.5) is 10.1 Å². The first-order chi connectivity index (χ1) is 9.63. The molecule has 0 aliphatic rings. The van der Waals surface area contributed by atoms with Gasteiger partial charge in [-0.1, -0.05) is 15.9 Å². The summed E-state index contributed by atoms with van der Waals surface area (Å²) in [4.78, 5) is 0. The van der Waals surface area contributed by atoms with Crippen LogP contribution in [-0.4, -0.2) is 20.2 Å². The summed E-state index contributed by atoms with van der Waals surface area (Å²) >= 11 is 3.38. The molecular weight excluding hydrogens is 325 g/mol. The lowest BCUT2D eigenvalue weighted by atomic mass is 10.2. The largest absolute Gasteiger partial charge is 0.399 e. The van der Waals surface area contributed by atoms with Crippen LogP contribution in [0.3, 0.4) is 0 Å². The number of hydrogen-bond acceptors (Lipinski definition) is 4. The number of halogens is 2. The fraction of sp³-hybridized carbons (Fsp3) is 0. The molecule has 20 heavy (non-hydrogen) atoms. The molecule has 0 bridgehead atoms. The van der Waals surface area contributed by atoms with Crippen LogP contribution in [0.1, 0.15) is 0 Å². The Labute approximate surface area is 122 Å². The predicted octanol–water partition coefficient (Wildman–Crippen LogP) is 2.81. The molecule has 3 aromatic rings. The van der Waals surface area contributed by atoms with Crippen molar-refractivity contribution < 1.29 is 4.39 Å². The molecule has 2 N–H and O–H groups in total. The van der Waals surface area contributed by atoms with E-state index in [4.69, 9.17) is 5.73 Å². The van der Waals surface area contributed by atoms with Crippen molar-refractivity contribution in [1.82, 2.24) is 20.2 Å². The summed E-state index contributed by atoms with van der Waals surface area (Å²) in [6.07, 6.45) is 0. The molecule has 0 amide bonds. The van der Waals surface area contributed by atoms with Crippen LogP contribution >= 0.6 is 15.9 Å². The van der Waals surface area contributed by atoms with E-state index in [1.54, 1.807) is 24.3 Å². The van der Waals surface area contributed by atoms with Gasteiger partial charge in [-0.2, -0.15) is 4.68 Å². The summed E-state index contributed by atoms with van der Waals surface area (Å²) in [7, 11) is 0. The topological polar surface area (TPSA) is 69.6 Å². The van der Waals surface area contributed by atoms with Gasteiger partial charge in [0.2, 0.25) is 0 Å². The number of nitrogens with two attached hydrogens (primary N) is 1. The van der Waals surface area contributed by atoms with Gasteiger partial charge in [-0.15, -0.1) is 5.10 Å². The highest BCUT2D eigenvalue weighted by Crippen LogP contribution is 2.25. The van der Waals surface area contributed by atoms with E-state index in [0.29, 0.717) is 17.2 Å². The number of tetrazole rings is 1. The second-order valence-electron chi connectivity index (χ2n) is 4.16. The molecule has 0 atom stereocenters. The fourth-order valence-electron chi connectivity index (χ4n) is 1.86. The monoisotopic (exact) mass is 333 g/mol. The molecule has 100 valence electrons. The van der Waals surface area contributed by atoms with E-state index in [1.165, 1.54) is 16.8 Å². The third kappa shape index (κ3) is 2.39. The van der Waals surface area contributed by atoms with E-state index in [-0.39, 0.29) is 5.82 Å². The summed E-state index contributed by atoms with van der Waals surface area (Å²) in [5.74, 6) is 0.222. The van der Waals surface area contributed by atoms with Crippen LogP contribution in [0.5, 0.6) is 0 Å². The Hall–Kier alpha value is -2.28. The van der Waals surface area contributed by atoms with E-state index in [0.717, 1.165) is 10.0 Å². The minimum absolute atomic E-state index is 0.310. The highest BCUT2D eigenvalue weighted by atomic mass is 79.9. The second kappa shape index (κ2) is 5.01. The molecule has 0 aliphatic heterocycles. The molecule has 1 heterocycles. The number of nitrogens with zero attached hydrogens (tertiary/aromatic N) is 4. The third-order valence-electron chi connectivity index (χ3n) is 2.72. The molecular formula is C13H9BrFN5. The van der Waals surface area contributed by atoms with Crippen molar-refractivity contribution in [1.29, 1.82) is 0 Å². The van der Waals surface area contributed by atoms with Crippen LogP contribution in [0.15, 0.2) is 46.9 Å². The Morgan fingerprint density at radius 1 is 1.10 bits per heavy atom. The number of anilines is 1. The Morgan fingerprint density at radius 2 is 1.85 bits per heavy atom. The first-order valence-corrected chi connectivity index (χ1v) is 6.53. The summed E-state index contributed by atoms with van der Waals surface area (Å²) < 4.78 is 15.3. The lowest BCUT2D eigenvalue weighted by Crippen LogP contribution is -2.00. The van der Waals surface area contributed by atoms with Gasteiger partial charge in [0, 0.05) is 15.7 Å². The van der Waals surface area contributed by atoms with Crippen molar-refractivity contribution in [3.8, 4) is 17.1 Å². The molecule has 3 rings (SSSR count). The van der Waals surface area contributed by atoms with Crippen molar-refractivity contribution in [3.05, 3.63) is 52.8 Å². The SMILES string of the molecule is Nc1cc(Br)cc(-c2nnnn2-c2ccc(F)cc2)c1. The Morgan fingerprint density at radius 3 is 2.55 bits per heavy atom. The second-order valence-corrected chi connectivity index (χ2v) is 5.08. The maximum atomic E-state index is 13.0. The quantitative estimate of drug-likeness (QED) is 0.732. The van der Waals surface area contributed by atoms with E-state index in [9.17, 15) is 4.39 Å². The van der Waals surface area contributed by atoms with Gasteiger partial charge in [-0.3, -0.25) is 0 Å². The predicted molar refractivity (Wildman–Crippen MR) is 76.7 cm³/mol. The summed E-state index contributed by atoms with van der Waals surface area (Å²) in [5, 5.41) is 11.6. The molecule has 2 aromatic carbocycles. The molecule has 0 saturated carbocycles. The number of benzene rings is 2. The van der Waals surface area contributed by atoms with Crippen LogP contribution in [-0.2, 0) is 0 Å². The van der Waals surface area contributed by atoms with E-state index in [1.807, 2.05) is 6.07 Å². The van der Waals surface area contributed by atoms with Gasteiger partial charge >= 0.3 is 0 Å². The van der Waals surface area contributed by atoms with Crippen molar-refractivity contribution >= 4 is 21.6 Å². The zero-order valence-corrected chi connectivity index (χ0v) is 11.7. The molecule has 0 aliphatic carbocycles. The standard InChI is InChI=1S/C13H9BrFN5/c14-9-5-8(6-11(16)7-9)13-17-18-19-20(13)12-3-1-10(15)2-4-12/h1-7H,16H2. The normalized spacial score (nSPS) is 10.7. The number of nitrogen functional groups attached to an aromatic ring is 1. The van der Waals surface area contributed by atoms with Gasteiger partial charge in [0.1, 0.15) is 5.82 Å². The zero-order valence-electron chi connectivity index (χ0n) is 10.2. The van der Waals surface area contributed by atoms with E-state index < -0.39 is 0 Å². The third-order valence-corrected chi connectivity index (χ3v) is 3.18. The molecule has 0 saturated heterocycles. The molecule has 0 radical (unpaired) electrons. The Kier molecular flexibility index (Phi) is 3.19. The smallest absolute Gasteiger partial charge is 0.187 e. The summed E-state index contributed by atoms with van der Waals surface area (Å²) in [6, 6.07) is 11.4. The van der Waals surface area contributed by atoms with E-state index in [2.05, 4.69) is 31.5 Å². The van der Waals surface area contributed by atoms with Gasteiger partial charge in [0.15, 0.2) is 5.82 Å². The minimum Gasteiger partial charge on any atom is -0.399 e. The summed E-state index contributed by atoms with van der Waals surface area (Å²) in [5.41, 5.74) is 7.86. The lowest BCUT2D eigenvalue weighted by molar-refractivity contribution is 0.627. The van der Waals surface area contributed by atoms with Gasteiger partial charge in [0.25, 0.3) is 0 Å². The van der Waals surface area contributed by atoms with Crippen LogP contribution in [0.2, 0.25) is 0 Å². The van der Waals surface area contributed by atoms with Crippen molar-refractivity contribution in [3.63, 3.8) is 0 Å². The lowest BCUT2D eigenvalue weighted by Gasteiger charge is -2.06. The highest BCUT2D eigenvalue weighted by Gasteiger charge is 2.12. The van der Waals surface area contributed by atoms with Crippen LogP contribution in [0, 0.1) is 5.82 Å². The van der Waals surface area contributed by atoms with Crippen molar-refractivity contribution in [2.45, 2.75) is 0 Å². The molecule has 1 aromatic heterocycles. The number of hydrogen-bond donors (Lipinski definition) is 1. The maximum absolute atomic E-state index is 13.0.